The molecule has 0 atom stereocenters. The van der Waals surface area contributed by atoms with Gasteiger partial charge in [-0.25, -0.2) is 4.98 Å². The molecule has 0 fully saturated rings. The van der Waals surface area contributed by atoms with Crippen molar-refractivity contribution in [2.24, 2.45) is 0 Å². The fraction of sp³-hybridized carbons (Fsp3) is 0.0870. The van der Waals surface area contributed by atoms with Crippen molar-refractivity contribution in [3.05, 3.63) is 369 Å². The number of hydrogen-bond acceptors (Lipinski definition) is 2. The van der Waals surface area contributed by atoms with E-state index in [1.165, 1.54) is 58.0 Å². The molecule has 1 aliphatic carbocycles. The molecule has 16 aromatic rings. The molecule has 486 valence electrons. The quantitative estimate of drug-likeness (QED) is 0.0444. The van der Waals surface area contributed by atoms with Crippen molar-refractivity contribution in [1.29, 1.82) is 0 Å². The molecule has 8 heteroatoms. The molecule has 0 saturated carbocycles. The van der Waals surface area contributed by atoms with E-state index in [9.17, 15) is 0 Å². The van der Waals surface area contributed by atoms with Gasteiger partial charge in [-0.15, -0.1) is 29.7 Å². The molecule has 13 aromatic carbocycles. The van der Waals surface area contributed by atoms with Gasteiger partial charge in [0.1, 0.15) is 5.82 Å². The number of benzene rings is 13. The van der Waals surface area contributed by atoms with Crippen LogP contribution in [0.5, 0.6) is 11.5 Å². The van der Waals surface area contributed by atoms with E-state index in [4.69, 9.17) is 9.72 Å². The number of aromatic nitrogens is 4. The summed E-state index contributed by atoms with van der Waals surface area (Å²) < 4.78 is 13.7. The number of pyridine rings is 1. The maximum atomic E-state index is 6.96. The summed E-state index contributed by atoms with van der Waals surface area (Å²) in [5.74, 6) is 1.98. The molecule has 17 rings (SSSR count). The third-order valence-electron chi connectivity index (χ3n) is 21.0. The first-order chi connectivity index (χ1) is 48.6. The molecular formula is C92H72N4OPtSi2-2. The zero-order valence-corrected chi connectivity index (χ0v) is 60.5. The predicted molar refractivity (Wildman–Crippen MR) is 413 cm³/mol. The van der Waals surface area contributed by atoms with E-state index in [1.807, 2.05) is 30.5 Å². The van der Waals surface area contributed by atoms with Gasteiger partial charge in [0.15, 0.2) is 16.1 Å². The summed E-state index contributed by atoms with van der Waals surface area (Å²) in [6.45, 7) is 9.56. The van der Waals surface area contributed by atoms with Crippen LogP contribution in [0.3, 0.4) is 0 Å². The smallest absolute Gasteiger partial charge is 0.268 e. The molecule has 0 spiro atoms. The van der Waals surface area contributed by atoms with Crippen molar-refractivity contribution < 1.29 is 30.4 Å². The molecular weight excluding hydrogens is 1430 g/mol. The number of ether oxygens (including phenoxy) is 1. The summed E-state index contributed by atoms with van der Waals surface area (Å²) in [6, 6.07) is 130. The largest absolute Gasteiger partial charge is 0.510 e. The zero-order valence-electron chi connectivity index (χ0n) is 56.3. The number of rotatable bonds is 15. The van der Waals surface area contributed by atoms with Gasteiger partial charge < -0.3 is 13.9 Å². The second-order valence-electron chi connectivity index (χ2n) is 27.6. The minimum absolute atomic E-state index is 0. The summed E-state index contributed by atoms with van der Waals surface area (Å²) in [7, 11) is -5.95. The predicted octanol–water partition coefficient (Wildman–Crippen LogP) is 16.0. The van der Waals surface area contributed by atoms with Gasteiger partial charge in [-0.05, 0) is 128 Å². The van der Waals surface area contributed by atoms with Crippen molar-refractivity contribution in [3.8, 4) is 50.9 Å². The molecule has 100 heavy (non-hydrogen) atoms. The van der Waals surface area contributed by atoms with E-state index in [0.717, 1.165) is 79.7 Å². The molecule has 0 bridgehead atoms. The third kappa shape index (κ3) is 10.9. The molecule has 0 N–H and O–H groups in total. The van der Waals surface area contributed by atoms with Crippen LogP contribution in [0.2, 0.25) is 0 Å². The van der Waals surface area contributed by atoms with Crippen LogP contribution < -0.4 is 50.8 Å². The molecule has 0 unspecified atom stereocenters. The summed E-state index contributed by atoms with van der Waals surface area (Å²) >= 11 is 0. The van der Waals surface area contributed by atoms with Crippen molar-refractivity contribution >= 4 is 90.5 Å². The molecule has 0 amide bonds. The van der Waals surface area contributed by atoms with Gasteiger partial charge in [-0.2, -0.15) is 18.2 Å². The van der Waals surface area contributed by atoms with Crippen LogP contribution in [0, 0.1) is 18.5 Å². The van der Waals surface area contributed by atoms with E-state index >= 15 is 0 Å². The Morgan fingerprint density at radius 3 is 1.33 bits per heavy atom. The molecule has 0 radical (unpaired) electrons. The second-order valence-corrected chi connectivity index (χ2v) is 35.2. The van der Waals surface area contributed by atoms with Crippen LogP contribution >= 0.6 is 0 Å². The van der Waals surface area contributed by atoms with Crippen LogP contribution in [-0.2, 0) is 31.9 Å². The van der Waals surface area contributed by atoms with Crippen molar-refractivity contribution in [2.75, 3.05) is 0 Å². The topological polar surface area (TPSA) is 35.9 Å². The number of fused-ring (bicyclic) bond motifs is 5. The van der Waals surface area contributed by atoms with Gasteiger partial charge >= 0.3 is 0 Å². The Balaban J connectivity index is 0.00000778. The van der Waals surface area contributed by atoms with Gasteiger partial charge in [0.25, 0.3) is 6.33 Å². The Bertz CT molecular complexity index is 5270. The maximum Gasteiger partial charge on any atom is 0.268 e. The first-order valence-electron chi connectivity index (χ1n) is 34.4. The summed E-state index contributed by atoms with van der Waals surface area (Å²) in [6.07, 6.45) is 8.15. The van der Waals surface area contributed by atoms with Crippen LogP contribution in [0.4, 0.5) is 0 Å². The van der Waals surface area contributed by atoms with E-state index in [2.05, 4.69) is 369 Å². The van der Waals surface area contributed by atoms with Gasteiger partial charge in [0, 0.05) is 44.3 Å². The van der Waals surface area contributed by atoms with Gasteiger partial charge in [-0.1, -0.05) is 318 Å². The Labute approximate surface area is 602 Å². The summed E-state index contributed by atoms with van der Waals surface area (Å²) in [4.78, 5) is 4.94. The monoisotopic (exact) mass is 1500 g/mol. The van der Waals surface area contributed by atoms with Crippen molar-refractivity contribution in [3.63, 3.8) is 0 Å². The van der Waals surface area contributed by atoms with E-state index in [0.29, 0.717) is 11.5 Å². The Hall–Kier alpha value is -10.8. The van der Waals surface area contributed by atoms with Crippen LogP contribution in [0.25, 0.3) is 72.3 Å². The third-order valence-corrected chi connectivity index (χ3v) is 30.5. The zero-order chi connectivity index (χ0) is 66.7. The van der Waals surface area contributed by atoms with Gasteiger partial charge in [0.2, 0.25) is 0 Å². The maximum absolute atomic E-state index is 6.96. The second kappa shape index (κ2) is 26.1. The molecule has 0 aliphatic heterocycles. The molecule has 5 nitrogen and oxygen atoms in total. The van der Waals surface area contributed by atoms with Crippen LogP contribution in [-0.4, -0.2) is 30.3 Å². The Morgan fingerprint density at radius 2 is 0.830 bits per heavy atom. The molecule has 3 aromatic heterocycles. The van der Waals surface area contributed by atoms with E-state index < -0.39 is 16.1 Å². The van der Waals surface area contributed by atoms with E-state index in [-0.39, 0.29) is 31.9 Å². The van der Waals surface area contributed by atoms with Crippen molar-refractivity contribution in [1.82, 2.24) is 14.1 Å². The SMILES string of the molecule is CC1(C)CCC(C)(C)c2cc3c(cc21)c1ccc(Oc2[c-]c(-n4[c-][n+](-c5c(-c6cccc([Si](c7ccccc7)(c7ccccc7)c7ccccc7)c6)cccc5-c5cccc([Si](c6ccccc6)(c6ccccc6)c6ccccc6)c5)c5ccccc54)ccc2)[c-]c1n3-c1ccccn1.[Pt]. The summed E-state index contributed by atoms with van der Waals surface area (Å²) in [5.41, 5.74) is 13.0. The molecule has 0 saturated heterocycles. The minimum Gasteiger partial charge on any atom is -0.510 e. The van der Waals surface area contributed by atoms with Crippen LogP contribution in [0.15, 0.2) is 340 Å². The average Bonchev–Trinajstić information content (AvgIpc) is 1.45. The normalized spacial score (nSPS) is 13.4. The Morgan fingerprint density at radius 1 is 0.390 bits per heavy atom. The first-order valence-corrected chi connectivity index (χ1v) is 38.4. The standard InChI is InChI=1S/C92H72N4OSi2.Pt/c1-91(2)56-57-92(3,4)84-64-88-82(63-83(84)91)81-55-54-70(62-87(81)96(88)89-53-25-26-58-93-89)97-69-34-29-33-68(61-69)94-65-95(86-52-24-23-51-85(86)94)90-79(66-31-27-47-77(59-66)98(71-35-11-5-12-36-71,72-37-13-6-14-38-72)73-39-15-7-16-40-73)49-30-50-80(90)67-32-28-48-78(60-67)99(74-41-17-8-18-42-74,75-43-19-9-20-44-75)76-45-21-10-22-46-76;/h5-55,58-60,63-64H,56-57H2,1-4H3;/q-2;. The molecule has 1 aliphatic rings. The first kappa shape index (κ1) is 63.9. The Kier molecular flexibility index (Phi) is 16.7. The number of para-hydroxylation sites is 3. The van der Waals surface area contributed by atoms with Gasteiger partial charge in [-0.3, -0.25) is 4.57 Å². The van der Waals surface area contributed by atoms with Crippen LogP contribution in [0.1, 0.15) is 51.7 Å². The number of imidazole rings is 1. The number of nitrogens with zero attached hydrogens (tertiary/aromatic N) is 4. The minimum atomic E-state index is -2.97. The fourth-order valence-electron chi connectivity index (χ4n) is 16.1. The molecule has 3 heterocycles. The van der Waals surface area contributed by atoms with E-state index in [1.54, 1.807) is 0 Å². The van der Waals surface area contributed by atoms with Crippen molar-refractivity contribution in [2.45, 2.75) is 51.4 Å². The van der Waals surface area contributed by atoms with Gasteiger partial charge in [0.05, 0.1) is 16.7 Å². The number of hydrogen-bond donors (Lipinski definition) is 0. The fourth-order valence-corrected chi connectivity index (χ4v) is 25.7. The average molecular weight is 1500 g/mol. The summed E-state index contributed by atoms with van der Waals surface area (Å²) in [5, 5.41) is 12.8.